The maximum atomic E-state index is 12.7. The summed E-state index contributed by atoms with van der Waals surface area (Å²) in [6, 6.07) is 14.9. The van der Waals surface area contributed by atoms with Crippen LogP contribution < -0.4 is 15.9 Å². The summed E-state index contributed by atoms with van der Waals surface area (Å²) < 4.78 is 7.02. The normalized spacial score (nSPS) is 13.8. The molecule has 0 unspecified atom stereocenters. The van der Waals surface area contributed by atoms with Crippen molar-refractivity contribution in [1.82, 2.24) is 9.47 Å². The number of thiophene rings is 1. The van der Waals surface area contributed by atoms with Crippen molar-refractivity contribution in [2.24, 2.45) is 0 Å². The van der Waals surface area contributed by atoms with Crippen LogP contribution in [0.25, 0.3) is 11.0 Å². The van der Waals surface area contributed by atoms with E-state index >= 15 is 0 Å². The topological polar surface area (TPSA) is 97.0 Å². The maximum Gasteiger partial charge on any atom is 0.294 e. The third kappa shape index (κ3) is 5.40. The molecule has 1 aliphatic rings. The number of amides is 2. The fraction of sp³-hybridized carbons (Fsp3) is 0.269. The van der Waals surface area contributed by atoms with E-state index in [1.165, 1.54) is 16.2 Å². The lowest BCUT2D eigenvalue weighted by Gasteiger charge is -2.24. The Morgan fingerprint density at radius 1 is 1.06 bits per heavy atom. The number of anilines is 2. The first-order chi connectivity index (χ1) is 17.6. The van der Waals surface area contributed by atoms with Gasteiger partial charge in [0.25, 0.3) is 11.5 Å². The van der Waals surface area contributed by atoms with Gasteiger partial charge < -0.3 is 14.3 Å². The lowest BCUT2D eigenvalue weighted by atomic mass is 10.2. The summed E-state index contributed by atoms with van der Waals surface area (Å²) in [6.07, 6.45) is 3.71. The minimum atomic E-state index is -0.402. The number of nitrogens with zero attached hydrogens (tertiary/aromatic N) is 3. The molecular formula is C26H26N4O5S. The van der Waals surface area contributed by atoms with E-state index in [9.17, 15) is 14.4 Å². The van der Waals surface area contributed by atoms with Gasteiger partial charge in [0.05, 0.1) is 24.2 Å². The summed E-state index contributed by atoms with van der Waals surface area (Å²) in [5, 5.41) is 6.80. The van der Waals surface area contributed by atoms with Gasteiger partial charge in [-0.3, -0.25) is 24.1 Å². The molecule has 9 nitrogen and oxygen atoms in total. The summed E-state index contributed by atoms with van der Waals surface area (Å²) in [6.45, 7) is 2.94. The predicted octanol–water partition coefficient (Wildman–Crippen LogP) is 3.86. The Balaban J connectivity index is 1.21. The second-order valence-corrected chi connectivity index (χ2v) is 9.52. The van der Waals surface area contributed by atoms with Crippen LogP contribution in [-0.2, 0) is 27.5 Å². The Bertz CT molecular complexity index is 1410. The van der Waals surface area contributed by atoms with Gasteiger partial charge in [-0.2, -0.15) is 5.06 Å². The van der Waals surface area contributed by atoms with Gasteiger partial charge in [-0.05, 0) is 42.1 Å². The van der Waals surface area contributed by atoms with Crippen molar-refractivity contribution in [3.8, 4) is 0 Å². The zero-order valence-electron chi connectivity index (χ0n) is 19.6. The average molecular weight is 507 g/mol. The van der Waals surface area contributed by atoms with E-state index in [2.05, 4.69) is 16.3 Å². The number of aromatic nitrogens is 1. The monoisotopic (exact) mass is 506 g/mol. The molecular weight excluding hydrogens is 480 g/mol. The molecule has 1 aromatic carbocycles. The lowest BCUT2D eigenvalue weighted by molar-refractivity contribution is -0.130. The second-order valence-electron chi connectivity index (χ2n) is 8.49. The van der Waals surface area contributed by atoms with Crippen molar-refractivity contribution in [3.63, 3.8) is 0 Å². The molecule has 0 saturated carbocycles. The Morgan fingerprint density at radius 2 is 1.94 bits per heavy atom. The number of hydrogen-bond acceptors (Lipinski definition) is 7. The van der Waals surface area contributed by atoms with Crippen molar-refractivity contribution < 1.29 is 18.8 Å². The number of rotatable bonds is 10. The second kappa shape index (κ2) is 10.9. The van der Waals surface area contributed by atoms with Crippen molar-refractivity contribution in [2.45, 2.75) is 25.9 Å². The summed E-state index contributed by atoms with van der Waals surface area (Å²) in [7, 11) is 0. The molecule has 3 aromatic heterocycles. The standard InChI is InChI=1S/C26H26N4O5S/c31-23-17-24(32)30(22-7-2-1-6-21(22)27-23)35-14-4-10-28(18-20-5-3-16-36-20)12-13-29-11-8-19-9-15-34-25(19)26(29)33/h1-3,5-9,11,15-16H,4,10,12-14,17-18H2,(H,27,31). The molecule has 5 rings (SSSR count). The molecule has 0 spiro atoms. The average Bonchev–Trinajstić information content (AvgIpc) is 3.54. The lowest BCUT2D eigenvalue weighted by Crippen LogP contribution is -2.34. The van der Waals surface area contributed by atoms with E-state index in [0.29, 0.717) is 49.6 Å². The largest absolute Gasteiger partial charge is 0.459 e. The Labute approximate surface area is 211 Å². The Hall–Kier alpha value is -3.73. The smallest absolute Gasteiger partial charge is 0.294 e. The van der Waals surface area contributed by atoms with Gasteiger partial charge in [0.1, 0.15) is 6.42 Å². The molecule has 2 amide bonds. The van der Waals surface area contributed by atoms with Crippen molar-refractivity contribution in [2.75, 3.05) is 30.1 Å². The van der Waals surface area contributed by atoms with Crippen LogP contribution in [0, 0.1) is 0 Å². The summed E-state index contributed by atoms with van der Waals surface area (Å²) in [5.74, 6) is -0.760. The first kappa shape index (κ1) is 24.0. The van der Waals surface area contributed by atoms with Gasteiger partial charge in [-0.15, -0.1) is 11.3 Å². The molecule has 0 saturated heterocycles. The molecule has 186 valence electrons. The molecule has 1 N–H and O–H groups in total. The van der Waals surface area contributed by atoms with Crippen LogP contribution in [-0.4, -0.2) is 41.0 Å². The van der Waals surface area contributed by atoms with Gasteiger partial charge in [-0.1, -0.05) is 18.2 Å². The van der Waals surface area contributed by atoms with Gasteiger partial charge in [0.15, 0.2) is 5.58 Å². The SMILES string of the molecule is O=C1CC(=O)N(OCCCN(CCn2ccc3ccoc3c2=O)Cc2cccs2)c2ccccc2N1. The van der Waals surface area contributed by atoms with E-state index in [4.69, 9.17) is 9.25 Å². The van der Waals surface area contributed by atoms with Crippen LogP contribution in [0.15, 0.2) is 75.6 Å². The van der Waals surface area contributed by atoms with Gasteiger partial charge in [0.2, 0.25) is 5.91 Å². The quantitative estimate of drug-likeness (QED) is 0.259. The van der Waals surface area contributed by atoms with Crippen molar-refractivity contribution >= 4 is 45.5 Å². The van der Waals surface area contributed by atoms with Gasteiger partial charge >= 0.3 is 0 Å². The number of nitrogens with one attached hydrogen (secondary N) is 1. The van der Waals surface area contributed by atoms with E-state index in [-0.39, 0.29) is 17.9 Å². The van der Waals surface area contributed by atoms with Crippen LogP contribution in [0.2, 0.25) is 0 Å². The fourth-order valence-electron chi connectivity index (χ4n) is 4.19. The number of hydrogen-bond donors (Lipinski definition) is 1. The molecule has 0 fully saturated rings. The molecule has 1 aliphatic heterocycles. The number of carbonyl (C=O) groups is 2. The van der Waals surface area contributed by atoms with Crippen LogP contribution in [0.5, 0.6) is 0 Å². The van der Waals surface area contributed by atoms with Crippen molar-refractivity contribution in [3.05, 3.63) is 81.6 Å². The molecule has 36 heavy (non-hydrogen) atoms. The molecule has 4 heterocycles. The number of fused-ring (bicyclic) bond motifs is 2. The van der Waals surface area contributed by atoms with Gasteiger partial charge in [0, 0.05) is 42.6 Å². The number of benzene rings is 1. The number of furan rings is 1. The zero-order chi connectivity index (χ0) is 24.9. The third-order valence-electron chi connectivity index (χ3n) is 5.98. The zero-order valence-corrected chi connectivity index (χ0v) is 20.4. The van der Waals surface area contributed by atoms with Crippen LogP contribution in [0.1, 0.15) is 17.7 Å². The van der Waals surface area contributed by atoms with E-state index in [1.54, 1.807) is 52.4 Å². The maximum absolute atomic E-state index is 12.7. The summed E-state index contributed by atoms with van der Waals surface area (Å²) in [5.41, 5.74) is 1.30. The number of pyridine rings is 1. The highest BCUT2D eigenvalue weighted by molar-refractivity contribution is 7.09. The first-order valence-electron chi connectivity index (χ1n) is 11.7. The first-order valence-corrected chi connectivity index (χ1v) is 12.6. The Morgan fingerprint density at radius 3 is 2.81 bits per heavy atom. The molecule has 0 radical (unpaired) electrons. The third-order valence-corrected chi connectivity index (χ3v) is 6.84. The summed E-state index contributed by atoms with van der Waals surface area (Å²) >= 11 is 1.69. The highest BCUT2D eigenvalue weighted by Crippen LogP contribution is 2.29. The molecule has 0 aliphatic carbocycles. The highest BCUT2D eigenvalue weighted by Gasteiger charge is 2.27. The van der Waals surface area contributed by atoms with Crippen LogP contribution in [0.3, 0.4) is 0 Å². The summed E-state index contributed by atoms with van der Waals surface area (Å²) in [4.78, 5) is 46.6. The fourth-order valence-corrected chi connectivity index (χ4v) is 4.94. The van der Waals surface area contributed by atoms with E-state index in [0.717, 1.165) is 11.9 Å². The van der Waals surface area contributed by atoms with Gasteiger partial charge in [-0.25, -0.2) is 0 Å². The van der Waals surface area contributed by atoms with E-state index in [1.807, 2.05) is 17.5 Å². The predicted molar refractivity (Wildman–Crippen MR) is 138 cm³/mol. The van der Waals surface area contributed by atoms with Crippen molar-refractivity contribution in [1.29, 1.82) is 0 Å². The van der Waals surface area contributed by atoms with E-state index < -0.39 is 5.91 Å². The minimum absolute atomic E-state index is 0.140. The number of carbonyl (C=O) groups excluding carboxylic acids is 2. The molecule has 0 bridgehead atoms. The number of hydroxylamine groups is 1. The number of para-hydroxylation sites is 2. The highest BCUT2D eigenvalue weighted by atomic mass is 32.1. The van der Waals surface area contributed by atoms with Crippen LogP contribution >= 0.6 is 11.3 Å². The molecule has 10 heteroatoms. The van der Waals surface area contributed by atoms with Crippen LogP contribution in [0.4, 0.5) is 11.4 Å². The molecule has 4 aromatic rings. The minimum Gasteiger partial charge on any atom is -0.459 e. The Kier molecular flexibility index (Phi) is 7.26. The molecule has 0 atom stereocenters.